The van der Waals surface area contributed by atoms with Gasteiger partial charge in [0.2, 0.25) is 0 Å². The first-order valence-corrected chi connectivity index (χ1v) is 9.91. The second-order valence-corrected chi connectivity index (χ2v) is 7.45. The second-order valence-electron chi connectivity index (χ2n) is 7.45. The monoisotopic (exact) mass is 375 g/mol. The molecule has 0 aliphatic carbocycles. The topological polar surface area (TPSA) is 26.0 Å². The van der Waals surface area contributed by atoms with Crippen molar-refractivity contribution in [1.29, 1.82) is 0 Å². The van der Waals surface area contributed by atoms with E-state index in [1.807, 2.05) is 18.2 Å². The fourth-order valence-electron chi connectivity index (χ4n) is 3.59. The molecular formula is C28H25N. The lowest BCUT2D eigenvalue weighted by Gasteiger charge is -2.12. The van der Waals surface area contributed by atoms with Crippen LogP contribution in [0.15, 0.2) is 97.1 Å². The Labute approximate surface area is 173 Å². The smallest absolute Gasteiger partial charge is 0.0394 e. The number of allylic oxidation sites excluding steroid dienone is 1. The molecule has 4 aromatic carbocycles. The second kappa shape index (κ2) is 8.20. The first-order chi connectivity index (χ1) is 14.1. The van der Waals surface area contributed by atoms with Crippen molar-refractivity contribution in [1.82, 2.24) is 0 Å². The van der Waals surface area contributed by atoms with Gasteiger partial charge in [0.1, 0.15) is 0 Å². The number of hydrogen-bond donors (Lipinski definition) is 1. The molecule has 0 spiro atoms. The van der Waals surface area contributed by atoms with E-state index in [0.717, 1.165) is 16.8 Å². The van der Waals surface area contributed by atoms with Crippen molar-refractivity contribution >= 4 is 17.3 Å². The molecule has 0 aliphatic heterocycles. The van der Waals surface area contributed by atoms with Crippen LogP contribution in [0.1, 0.15) is 23.6 Å². The maximum atomic E-state index is 6.37. The first-order valence-electron chi connectivity index (χ1n) is 9.91. The van der Waals surface area contributed by atoms with Crippen LogP contribution in [0.5, 0.6) is 0 Å². The molecule has 0 radical (unpaired) electrons. The number of benzene rings is 4. The van der Waals surface area contributed by atoms with Crippen molar-refractivity contribution in [3.8, 4) is 22.3 Å². The lowest BCUT2D eigenvalue weighted by atomic mass is 9.94. The largest absolute Gasteiger partial charge is 0.398 e. The number of rotatable bonds is 4. The molecule has 0 saturated carbocycles. The van der Waals surface area contributed by atoms with Gasteiger partial charge in [-0.2, -0.15) is 0 Å². The minimum atomic E-state index is 0.795. The Kier molecular flexibility index (Phi) is 5.31. The molecular weight excluding hydrogens is 350 g/mol. The van der Waals surface area contributed by atoms with Gasteiger partial charge in [0.25, 0.3) is 0 Å². The number of nitrogens with two attached hydrogens (primary N) is 1. The summed E-state index contributed by atoms with van der Waals surface area (Å²) in [5.74, 6) is 0. The molecule has 0 amide bonds. The quantitative estimate of drug-likeness (QED) is 0.290. The van der Waals surface area contributed by atoms with E-state index in [1.165, 1.54) is 33.4 Å². The van der Waals surface area contributed by atoms with Crippen LogP contribution in [0.4, 0.5) is 5.69 Å². The summed E-state index contributed by atoms with van der Waals surface area (Å²) in [5, 5.41) is 0. The standard InChI is InChI=1S/C28H25N/c1-20-11-13-25(14-12-20)26-9-6-10-28(29)27(26)19-21(2)22-15-17-24(18-16-22)23-7-4-3-5-8-23/h3-19H,29H2,1-2H3/b21-19+. The molecule has 1 heteroatoms. The predicted octanol–water partition coefficient (Wildman–Crippen LogP) is 7.47. The Bertz CT molecular complexity index is 1140. The van der Waals surface area contributed by atoms with Gasteiger partial charge in [0.05, 0.1) is 0 Å². The van der Waals surface area contributed by atoms with Crippen LogP contribution in [0.2, 0.25) is 0 Å². The van der Waals surface area contributed by atoms with Crippen molar-refractivity contribution in [3.05, 3.63) is 114 Å². The zero-order chi connectivity index (χ0) is 20.2. The molecule has 4 aromatic rings. The Morgan fingerprint density at radius 2 is 1.28 bits per heavy atom. The summed E-state index contributed by atoms with van der Waals surface area (Å²) in [7, 11) is 0. The summed E-state index contributed by atoms with van der Waals surface area (Å²) in [6.45, 7) is 4.25. The van der Waals surface area contributed by atoms with Gasteiger partial charge in [0.15, 0.2) is 0 Å². The zero-order valence-electron chi connectivity index (χ0n) is 16.9. The fraction of sp³-hybridized carbons (Fsp3) is 0.0714. The summed E-state index contributed by atoms with van der Waals surface area (Å²) in [5.41, 5.74) is 16.7. The van der Waals surface area contributed by atoms with Crippen LogP contribution < -0.4 is 5.73 Å². The highest BCUT2D eigenvalue weighted by atomic mass is 14.6. The summed E-state index contributed by atoms with van der Waals surface area (Å²) < 4.78 is 0. The van der Waals surface area contributed by atoms with E-state index in [-0.39, 0.29) is 0 Å². The molecule has 142 valence electrons. The Balaban J connectivity index is 1.70. The summed E-state index contributed by atoms with van der Waals surface area (Å²) in [4.78, 5) is 0. The third kappa shape index (κ3) is 4.14. The third-order valence-electron chi connectivity index (χ3n) is 5.31. The molecule has 0 unspecified atom stereocenters. The molecule has 29 heavy (non-hydrogen) atoms. The minimum Gasteiger partial charge on any atom is -0.398 e. The van der Waals surface area contributed by atoms with Gasteiger partial charge < -0.3 is 5.73 Å². The van der Waals surface area contributed by atoms with E-state index in [4.69, 9.17) is 5.73 Å². The Hall–Kier alpha value is -3.58. The number of hydrogen-bond acceptors (Lipinski definition) is 1. The van der Waals surface area contributed by atoms with E-state index < -0.39 is 0 Å². The highest BCUT2D eigenvalue weighted by Gasteiger charge is 2.08. The maximum Gasteiger partial charge on any atom is 0.0394 e. The number of nitrogen functional groups attached to an aromatic ring is 1. The maximum absolute atomic E-state index is 6.37. The van der Waals surface area contributed by atoms with Gasteiger partial charge in [0, 0.05) is 11.3 Å². The number of anilines is 1. The van der Waals surface area contributed by atoms with E-state index in [1.54, 1.807) is 0 Å². The Morgan fingerprint density at radius 1 is 0.655 bits per heavy atom. The Morgan fingerprint density at radius 3 is 1.97 bits per heavy atom. The van der Waals surface area contributed by atoms with Crippen LogP contribution in [0.3, 0.4) is 0 Å². The molecule has 0 aliphatic rings. The van der Waals surface area contributed by atoms with Crippen molar-refractivity contribution in [3.63, 3.8) is 0 Å². The van der Waals surface area contributed by atoms with Crippen LogP contribution in [0, 0.1) is 6.92 Å². The van der Waals surface area contributed by atoms with E-state index in [2.05, 4.69) is 98.8 Å². The fourth-order valence-corrected chi connectivity index (χ4v) is 3.59. The van der Waals surface area contributed by atoms with Crippen LogP contribution in [-0.2, 0) is 0 Å². The normalized spacial score (nSPS) is 11.4. The highest BCUT2D eigenvalue weighted by Crippen LogP contribution is 2.32. The van der Waals surface area contributed by atoms with Crippen molar-refractivity contribution in [2.45, 2.75) is 13.8 Å². The molecule has 0 aromatic heterocycles. The molecule has 2 N–H and O–H groups in total. The molecule has 1 nitrogen and oxygen atoms in total. The molecule has 4 rings (SSSR count). The van der Waals surface area contributed by atoms with E-state index in [9.17, 15) is 0 Å². The molecule has 0 heterocycles. The van der Waals surface area contributed by atoms with Crippen LogP contribution in [-0.4, -0.2) is 0 Å². The van der Waals surface area contributed by atoms with Gasteiger partial charge >= 0.3 is 0 Å². The van der Waals surface area contributed by atoms with E-state index >= 15 is 0 Å². The van der Waals surface area contributed by atoms with Gasteiger partial charge in [-0.05, 0) is 59.4 Å². The van der Waals surface area contributed by atoms with Crippen molar-refractivity contribution in [2.24, 2.45) is 0 Å². The van der Waals surface area contributed by atoms with Gasteiger partial charge in [-0.3, -0.25) is 0 Å². The van der Waals surface area contributed by atoms with Crippen molar-refractivity contribution < 1.29 is 0 Å². The lowest BCUT2D eigenvalue weighted by Crippen LogP contribution is -1.93. The lowest BCUT2D eigenvalue weighted by molar-refractivity contribution is 1.46. The molecule has 0 fully saturated rings. The summed E-state index contributed by atoms with van der Waals surface area (Å²) >= 11 is 0. The number of aryl methyl sites for hydroxylation is 1. The molecule has 0 atom stereocenters. The SMILES string of the molecule is C/C(=C\c1c(N)cccc1-c1ccc(C)cc1)c1ccc(-c2ccccc2)cc1. The van der Waals surface area contributed by atoms with Gasteiger partial charge in [-0.25, -0.2) is 0 Å². The first kappa shape index (κ1) is 18.8. The molecule has 0 saturated heterocycles. The third-order valence-corrected chi connectivity index (χ3v) is 5.31. The molecule has 0 bridgehead atoms. The average molecular weight is 376 g/mol. The van der Waals surface area contributed by atoms with Gasteiger partial charge in [-0.1, -0.05) is 96.6 Å². The zero-order valence-corrected chi connectivity index (χ0v) is 16.9. The minimum absolute atomic E-state index is 0.795. The summed E-state index contributed by atoms with van der Waals surface area (Å²) in [6.07, 6.45) is 2.20. The average Bonchev–Trinajstić information content (AvgIpc) is 2.76. The van der Waals surface area contributed by atoms with Crippen LogP contribution in [0.25, 0.3) is 33.9 Å². The highest BCUT2D eigenvalue weighted by molar-refractivity contribution is 5.91. The summed E-state index contributed by atoms with van der Waals surface area (Å²) in [6, 6.07) is 33.9. The van der Waals surface area contributed by atoms with E-state index in [0.29, 0.717) is 0 Å². The predicted molar refractivity (Wildman–Crippen MR) is 126 cm³/mol. The van der Waals surface area contributed by atoms with Crippen molar-refractivity contribution in [2.75, 3.05) is 5.73 Å². The van der Waals surface area contributed by atoms with Gasteiger partial charge in [-0.15, -0.1) is 0 Å². The van der Waals surface area contributed by atoms with Crippen LogP contribution >= 0.6 is 0 Å².